The third-order valence-corrected chi connectivity index (χ3v) is 0.816. The van der Waals surface area contributed by atoms with Crippen molar-refractivity contribution in [2.75, 3.05) is 26.4 Å². The Morgan fingerprint density at radius 3 is 0.500 bits per heavy atom. The summed E-state index contributed by atoms with van der Waals surface area (Å²) in [6, 6.07) is 0. The Labute approximate surface area is 143 Å². The van der Waals surface area contributed by atoms with Gasteiger partial charge in [-0.25, -0.2) is 0 Å². The van der Waals surface area contributed by atoms with Crippen LogP contribution in [0.25, 0.3) is 0 Å². The van der Waals surface area contributed by atoms with E-state index in [9.17, 15) is 20.4 Å². The zero-order chi connectivity index (χ0) is 13.7. The SMILES string of the molecule is CCC[O-].CCC[O-].CCC[O-].CCC[O-].[Ti+4].[Ti+4]. The van der Waals surface area contributed by atoms with Gasteiger partial charge in [0.25, 0.3) is 0 Å². The van der Waals surface area contributed by atoms with Crippen LogP contribution in [0, 0.1) is 0 Å². The standard InChI is InChI=1S/4C3H7O.2Ti/c4*1-2-3-4;;/h4*2-3H2,1H3;;/q4*-1;2*+4. The van der Waals surface area contributed by atoms with E-state index in [-0.39, 0.29) is 69.9 Å². The predicted octanol–water partition coefficient (Wildman–Crippen LogP) is -0.978. The maximum absolute atomic E-state index is 9.30. The molecule has 0 bridgehead atoms. The van der Waals surface area contributed by atoms with Gasteiger partial charge in [0.1, 0.15) is 0 Å². The van der Waals surface area contributed by atoms with Crippen LogP contribution in [0.1, 0.15) is 53.4 Å². The molecule has 0 rings (SSSR count). The van der Waals surface area contributed by atoms with Crippen LogP contribution in [-0.4, -0.2) is 26.4 Å². The topological polar surface area (TPSA) is 92.2 Å². The molecule has 18 heavy (non-hydrogen) atoms. The first-order chi connectivity index (χ1) is 7.66. The van der Waals surface area contributed by atoms with Gasteiger partial charge in [-0.15, -0.1) is 26.4 Å². The van der Waals surface area contributed by atoms with E-state index in [1.54, 1.807) is 0 Å². The summed E-state index contributed by atoms with van der Waals surface area (Å²) in [6.45, 7) is 7.75. The van der Waals surface area contributed by atoms with Crippen molar-refractivity contribution in [1.82, 2.24) is 0 Å². The molecule has 0 unspecified atom stereocenters. The van der Waals surface area contributed by atoms with E-state index in [0.717, 1.165) is 25.7 Å². The van der Waals surface area contributed by atoms with Crippen LogP contribution in [0.5, 0.6) is 0 Å². The molecule has 0 radical (unpaired) electrons. The molecule has 104 valence electrons. The Bertz CT molecular complexity index is 46.0. The predicted molar refractivity (Wildman–Crippen MR) is 60.6 cm³/mol. The molecule has 0 aromatic rings. The molecule has 0 aliphatic heterocycles. The Morgan fingerprint density at radius 1 is 0.444 bits per heavy atom. The third kappa shape index (κ3) is 165. The maximum Gasteiger partial charge on any atom is 4.00 e. The molecule has 0 saturated carbocycles. The zero-order valence-electron chi connectivity index (χ0n) is 12.3. The fourth-order valence-corrected chi connectivity index (χ4v) is 0. The van der Waals surface area contributed by atoms with Crippen molar-refractivity contribution in [3.8, 4) is 0 Å². The minimum atomic E-state index is 0. The first-order valence-corrected chi connectivity index (χ1v) is 5.98. The van der Waals surface area contributed by atoms with Crippen LogP contribution < -0.4 is 20.4 Å². The summed E-state index contributed by atoms with van der Waals surface area (Å²) >= 11 is 0. The van der Waals surface area contributed by atoms with Crippen molar-refractivity contribution in [1.29, 1.82) is 0 Å². The van der Waals surface area contributed by atoms with Gasteiger partial charge in [-0.2, -0.15) is 0 Å². The Balaban J connectivity index is -0.0000000257. The van der Waals surface area contributed by atoms with Crippen molar-refractivity contribution in [2.45, 2.75) is 53.4 Å². The van der Waals surface area contributed by atoms with Crippen LogP contribution in [0.4, 0.5) is 0 Å². The molecule has 0 fully saturated rings. The molecule has 6 heteroatoms. The minimum Gasteiger partial charge on any atom is -0.854 e. The summed E-state index contributed by atoms with van der Waals surface area (Å²) in [4.78, 5) is 0. The number of hydrogen-bond acceptors (Lipinski definition) is 4. The molecular weight excluding hydrogens is 304 g/mol. The van der Waals surface area contributed by atoms with Gasteiger partial charge in [0.15, 0.2) is 0 Å². The van der Waals surface area contributed by atoms with E-state index in [1.807, 2.05) is 27.7 Å². The maximum atomic E-state index is 9.30. The minimum absolute atomic E-state index is 0. The van der Waals surface area contributed by atoms with E-state index in [4.69, 9.17) is 0 Å². The molecule has 0 atom stereocenters. The average molecular weight is 332 g/mol. The van der Waals surface area contributed by atoms with Crippen LogP contribution in [0.15, 0.2) is 0 Å². The summed E-state index contributed by atoms with van der Waals surface area (Å²) in [5.41, 5.74) is 0. The van der Waals surface area contributed by atoms with Crippen LogP contribution in [-0.2, 0) is 43.4 Å². The van der Waals surface area contributed by atoms with Crippen molar-refractivity contribution in [2.24, 2.45) is 0 Å². The van der Waals surface area contributed by atoms with E-state index in [2.05, 4.69) is 0 Å². The first-order valence-electron chi connectivity index (χ1n) is 5.98. The summed E-state index contributed by atoms with van der Waals surface area (Å²) in [7, 11) is 0. The molecule has 0 saturated heterocycles. The van der Waals surface area contributed by atoms with E-state index in [1.165, 1.54) is 0 Å². The quantitative estimate of drug-likeness (QED) is 0.619. The molecule has 0 spiro atoms. The van der Waals surface area contributed by atoms with Gasteiger partial charge in [-0.1, -0.05) is 53.4 Å². The van der Waals surface area contributed by atoms with Crippen LogP contribution in [0.2, 0.25) is 0 Å². The van der Waals surface area contributed by atoms with Gasteiger partial charge in [0.05, 0.1) is 0 Å². The van der Waals surface area contributed by atoms with E-state index < -0.39 is 0 Å². The van der Waals surface area contributed by atoms with Gasteiger partial charge in [0.2, 0.25) is 0 Å². The number of rotatable bonds is 4. The first kappa shape index (κ1) is 36.5. The summed E-state index contributed by atoms with van der Waals surface area (Å²) in [6.07, 6.45) is 3.06. The van der Waals surface area contributed by atoms with E-state index in [0.29, 0.717) is 0 Å². The molecule has 0 heterocycles. The Kier molecular flexibility index (Phi) is 129. The Hall–Kier alpha value is 1.27. The normalized spacial score (nSPS) is 6.67. The molecular formula is C12H28O4Ti2+4. The van der Waals surface area contributed by atoms with Crippen molar-refractivity contribution < 1.29 is 63.9 Å². The van der Waals surface area contributed by atoms with Crippen LogP contribution >= 0.6 is 0 Å². The van der Waals surface area contributed by atoms with Gasteiger partial charge >= 0.3 is 43.4 Å². The van der Waals surface area contributed by atoms with Crippen molar-refractivity contribution >= 4 is 0 Å². The average Bonchev–Trinajstić information content (AvgIpc) is 2.39. The van der Waals surface area contributed by atoms with Crippen molar-refractivity contribution in [3.63, 3.8) is 0 Å². The summed E-state index contributed by atoms with van der Waals surface area (Å²) in [5.74, 6) is 0. The van der Waals surface area contributed by atoms with Crippen molar-refractivity contribution in [3.05, 3.63) is 0 Å². The molecule has 0 aromatic heterocycles. The van der Waals surface area contributed by atoms with Gasteiger partial charge < -0.3 is 20.4 Å². The summed E-state index contributed by atoms with van der Waals surface area (Å²) < 4.78 is 0. The Morgan fingerprint density at radius 2 is 0.500 bits per heavy atom. The molecule has 0 aliphatic carbocycles. The van der Waals surface area contributed by atoms with Gasteiger partial charge in [0, 0.05) is 0 Å². The third-order valence-electron chi connectivity index (χ3n) is 0.816. The van der Waals surface area contributed by atoms with Crippen LogP contribution in [0.3, 0.4) is 0 Å². The smallest absolute Gasteiger partial charge is 0.854 e. The molecule has 4 nitrogen and oxygen atoms in total. The molecule has 0 N–H and O–H groups in total. The van der Waals surface area contributed by atoms with Gasteiger partial charge in [-0.05, 0) is 0 Å². The molecule has 0 aliphatic rings. The fourth-order valence-electron chi connectivity index (χ4n) is 0. The molecule has 0 amide bonds. The zero-order valence-corrected chi connectivity index (χ0v) is 15.4. The number of hydrogen-bond donors (Lipinski definition) is 0. The second-order valence-electron chi connectivity index (χ2n) is 2.82. The summed E-state index contributed by atoms with van der Waals surface area (Å²) in [5, 5.41) is 37.2. The largest absolute Gasteiger partial charge is 4.00 e. The second-order valence-corrected chi connectivity index (χ2v) is 2.82. The fraction of sp³-hybridized carbons (Fsp3) is 1.00. The van der Waals surface area contributed by atoms with Gasteiger partial charge in [-0.3, -0.25) is 0 Å². The monoisotopic (exact) mass is 332 g/mol. The van der Waals surface area contributed by atoms with E-state index >= 15 is 0 Å². The molecule has 0 aromatic carbocycles. The second kappa shape index (κ2) is 63.4.